The zero-order valence-corrected chi connectivity index (χ0v) is 5.61. The van der Waals surface area contributed by atoms with Crippen LogP contribution in [-0.2, 0) is 0 Å². The Bertz CT molecular complexity index is 141. The van der Waals surface area contributed by atoms with E-state index in [1.54, 1.807) is 12.3 Å². The van der Waals surface area contributed by atoms with Crippen LogP contribution < -0.4 is 4.73 Å². The molecule has 1 rings (SSSR count). The van der Waals surface area contributed by atoms with Crippen LogP contribution in [0.25, 0.3) is 0 Å². The van der Waals surface area contributed by atoms with Gasteiger partial charge in [0.25, 0.3) is 6.33 Å². The topological polar surface area (TPSA) is 39.8 Å². The molecule has 0 unspecified atom stereocenters. The maximum Gasteiger partial charge on any atom is 0.289 e. The lowest BCUT2D eigenvalue weighted by atomic mass is 10.7. The summed E-state index contributed by atoms with van der Waals surface area (Å²) in [6.45, 7) is 4.00. The van der Waals surface area contributed by atoms with Crippen molar-refractivity contribution in [2.75, 3.05) is 0 Å². The van der Waals surface area contributed by atoms with E-state index in [4.69, 9.17) is 0 Å². The first-order chi connectivity index (χ1) is 4.39. The van der Waals surface area contributed by atoms with Crippen LogP contribution in [0.5, 0.6) is 0 Å². The molecule has 0 aliphatic rings. The quantitative estimate of drug-likeness (QED) is 0.380. The molecule has 1 heterocycles. The fraction of sp³-hybridized carbons (Fsp3) is 0.333. The highest BCUT2D eigenvalue weighted by atomic mass is 16.5. The van der Waals surface area contributed by atoms with Crippen LogP contribution in [0, 0.1) is 5.21 Å². The molecule has 3 nitrogen and oxygen atoms in total. The Hall–Kier alpha value is -1.12. The minimum absolute atomic E-state index is 0.639. The molecular weight excluding hydrogens is 116 g/mol. The molecule has 0 spiro atoms. The van der Waals surface area contributed by atoms with Gasteiger partial charge in [-0.3, -0.25) is 0 Å². The average molecular weight is 126 g/mol. The zero-order valence-electron chi connectivity index (χ0n) is 5.61. The third-order valence-corrected chi connectivity index (χ3v) is 0.586. The molecule has 0 aliphatic carbocycles. The number of hydrogen-bond donors (Lipinski definition) is 0. The highest BCUT2D eigenvalue weighted by Crippen LogP contribution is 1.64. The molecule has 9 heavy (non-hydrogen) atoms. The Kier molecular flexibility index (Phi) is 4.40. The van der Waals surface area contributed by atoms with E-state index < -0.39 is 0 Å². The molecule has 50 valence electrons. The predicted octanol–water partition coefficient (Wildman–Crippen LogP) is 0.741. The van der Waals surface area contributed by atoms with Gasteiger partial charge in [0.1, 0.15) is 6.20 Å². The van der Waals surface area contributed by atoms with Crippen LogP contribution in [0.1, 0.15) is 13.8 Å². The molecule has 0 radical (unpaired) electrons. The predicted molar refractivity (Wildman–Crippen MR) is 34.5 cm³/mol. The normalized spacial score (nSPS) is 7.33. The van der Waals surface area contributed by atoms with E-state index in [0.717, 1.165) is 0 Å². The molecule has 0 fully saturated rings. The summed E-state index contributed by atoms with van der Waals surface area (Å²) in [7, 11) is 0. The number of rotatable bonds is 0. The van der Waals surface area contributed by atoms with Crippen molar-refractivity contribution in [3.63, 3.8) is 0 Å². The minimum atomic E-state index is 0.639. The highest BCUT2D eigenvalue weighted by molar-refractivity contribution is 4.69. The molecule has 1 aromatic heterocycles. The van der Waals surface area contributed by atoms with Crippen LogP contribution in [0.3, 0.4) is 0 Å². The summed E-state index contributed by atoms with van der Waals surface area (Å²) in [6, 6.07) is 1.58. The largest absolute Gasteiger partial charge is 0.711 e. The van der Waals surface area contributed by atoms with Crippen LogP contribution >= 0.6 is 0 Å². The van der Waals surface area contributed by atoms with Gasteiger partial charge in [-0.1, -0.05) is 18.8 Å². The summed E-state index contributed by atoms with van der Waals surface area (Å²) in [5.74, 6) is 0. The smallest absolute Gasteiger partial charge is 0.289 e. The van der Waals surface area contributed by atoms with E-state index in [9.17, 15) is 5.21 Å². The SMILES string of the molecule is CC.[O-][n+]1cccnc1. The standard InChI is InChI=1S/C4H4N2O.C2H6/c7-6-3-1-2-5-4-6;1-2/h1-4H;1-2H3. The van der Waals surface area contributed by atoms with E-state index in [-0.39, 0.29) is 0 Å². The lowest BCUT2D eigenvalue weighted by molar-refractivity contribution is -0.608. The molecular formula is C6H10N2O. The summed E-state index contributed by atoms with van der Waals surface area (Å²) >= 11 is 0. The number of aromatic nitrogens is 2. The summed E-state index contributed by atoms with van der Waals surface area (Å²) < 4.78 is 0.639. The molecule has 0 amide bonds. The van der Waals surface area contributed by atoms with E-state index >= 15 is 0 Å². The Morgan fingerprint density at radius 2 is 2.11 bits per heavy atom. The first kappa shape index (κ1) is 7.88. The van der Waals surface area contributed by atoms with Crippen molar-refractivity contribution < 1.29 is 4.73 Å². The van der Waals surface area contributed by atoms with Crippen LogP contribution in [0.15, 0.2) is 24.8 Å². The molecule has 3 heteroatoms. The van der Waals surface area contributed by atoms with Crippen molar-refractivity contribution in [3.8, 4) is 0 Å². The van der Waals surface area contributed by atoms with Gasteiger partial charge in [0.2, 0.25) is 0 Å². The van der Waals surface area contributed by atoms with Gasteiger partial charge >= 0.3 is 0 Å². The van der Waals surface area contributed by atoms with Gasteiger partial charge in [-0.25, -0.2) is 4.73 Å². The molecule has 1 aromatic rings. The Morgan fingerprint density at radius 3 is 2.33 bits per heavy atom. The van der Waals surface area contributed by atoms with Crippen molar-refractivity contribution in [1.29, 1.82) is 0 Å². The third kappa shape index (κ3) is 3.46. The molecule has 0 saturated carbocycles. The summed E-state index contributed by atoms with van der Waals surface area (Å²) in [6.07, 6.45) is 4.13. The maximum absolute atomic E-state index is 10.1. The van der Waals surface area contributed by atoms with Gasteiger partial charge in [0.05, 0.1) is 6.20 Å². The van der Waals surface area contributed by atoms with Gasteiger partial charge in [0, 0.05) is 6.07 Å². The second-order valence-corrected chi connectivity index (χ2v) is 1.12. The fourth-order valence-electron chi connectivity index (χ4n) is 0.316. The van der Waals surface area contributed by atoms with E-state index in [0.29, 0.717) is 4.73 Å². The first-order valence-electron chi connectivity index (χ1n) is 2.88. The van der Waals surface area contributed by atoms with Crippen molar-refractivity contribution in [2.45, 2.75) is 13.8 Å². The van der Waals surface area contributed by atoms with Gasteiger partial charge in [-0.2, -0.15) is 0 Å². The Morgan fingerprint density at radius 1 is 1.44 bits per heavy atom. The molecule has 0 atom stereocenters. The maximum atomic E-state index is 10.1. The van der Waals surface area contributed by atoms with Gasteiger partial charge in [0.15, 0.2) is 0 Å². The summed E-state index contributed by atoms with van der Waals surface area (Å²) in [4.78, 5) is 3.53. The van der Waals surface area contributed by atoms with Crippen LogP contribution in [0.4, 0.5) is 0 Å². The Balaban J connectivity index is 0.000000291. The number of nitrogens with zero attached hydrogens (tertiary/aromatic N) is 2. The Labute approximate surface area is 54.6 Å². The molecule has 0 aromatic carbocycles. The van der Waals surface area contributed by atoms with Crippen molar-refractivity contribution in [2.24, 2.45) is 0 Å². The lowest BCUT2D eigenvalue weighted by Gasteiger charge is -1.92. The highest BCUT2D eigenvalue weighted by Gasteiger charge is 1.75. The van der Waals surface area contributed by atoms with Crippen molar-refractivity contribution in [3.05, 3.63) is 30.0 Å². The molecule has 0 N–H and O–H groups in total. The van der Waals surface area contributed by atoms with E-state index in [1.165, 1.54) is 12.5 Å². The van der Waals surface area contributed by atoms with Gasteiger partial charge in [-0.15, -0.1) is 0 Å². The number of hydrogen-bond acceptors (Lipinski definition) is 2. The first-order valence-corrected chi connectivity index (χ1v) is 2.88. The van der Waals surface area contributed by atoms with Crippen molar-refractivity contribution >= 4 is 0 Å². The average Bonchev–Trinajstić information content (AvgIpc) is 1.94. The summed E-state index contributed by atoms with van der Waals surface area (Å²) in [5.41, 5.74) is 0. The second-order valence-electron chi connectivity index (χ2n) is 1.12. The lowest BCUT2D eigenvalue weighted by Crippen LogP contribution is -2.24. The van der Waals surface area contributed by atoms with Crippen LogP contribution in [0.2, 0.25) is 0 Å². The fourth-order valence-corrected chi connectivity index (χ4v) is 0.316. The monoisotopic (exact) mass is 126 g/mol. The van der Waals surface area contributed by atoms with E-state index in [1.807, 2.05) is 13.8 Å². The summed E-state index contributed by atoms with van der Waals surface area (Å²) in [5, 5.41) is 10.1. The molecule has 0 bridgehead atoms. The molecule has 0 aliphatic heterocycles. The second kappa shape index (κ2) is 5.03. The third-order valence-electron chi connectivity index (χ3n) is 0.586. The minimum Gasteiger partial charge on any atom is -0.711 e. The van der Waals surface area contributed by atoms with Crippen LogP contribution in [-0.4, -0.2) is 4.98 Å². The molecule has 0 saturated heterocycles. The van der Waals surface area contributed by atoms with Gasteiger partial charge in [-0.05, 0) is 0 Å². The van der Waals surface area contributed by atoms with E-state index in [2.05, 4.69) is 4.98 Å². The van der Waals surface area contributed by atoms with Gasteiger partial charge < -0.3 is 5.21 Å². The zero-order chi connectivity index (χ0) is 7.11. The van der Waals surface area contributed by atoms with Crippen molar-refractivity contribution in [1.82, 2.24) is 4.98 Å².